The molecule has 0 heterocycles. The van der Waals surface area contributed by atoms with Crippen molar-refractivity contribution in [1.29, 1.82) is 0 Å². The molecule has 0 spiro atoms. The maximum atomic E-state index is 13.2. The fraction of sp³-hybridized carbons (Fsp3) is 0.417. The van der Waals surface area contributed by atoms with Crippen molar-refractivity contribution in [2.75, 3.05) is 6.61 Å². The Kier molecular flexibility index (Phi) is 8.47. The summed E-state index contributed by atoms with van der Waals surface area (Å²) < 4.78 is 6.64. The molecule has 0 aliphatic carbocycles. The van der Waals surface area contributed by atoms with Gasteiger partial charge < -0.3 is 15.0 Å². The van der Waals surface area contributed by atoms with Crippen LogP contribution < -0.4 is 10.1 Å². The van der Waals surface area contributed by atoms with E-state index in [-0.39, 0.29) is 24.0 Å². The maximum absolute atomic E-state index is 13.2. The van der Waals surface area contributed by atoms with Crippen molar-refractivity contribution >= 4 is 27.7 Å². The monoisotopic (exact) mass is 474 g/mol. The van der Waals surface area contributed by atoms with E-state index in [4.69, 9.17) is 4.74 Å². The van der Waals surface area contributed by atoms with Crippen LogP contribution in [0.3, 0.4) is 0 Å². The Morgan fingerprint density at radius 2 is 1.73 bits per heavy atom. The van der Waals surface area contributed by atoms with Crippen molar-refractivity contribution in [2.24, 2.45) is 0 Å². The first-order chi connectivity index (χ1) is 14.1. The smallest absolute Gasteiger partial charge is 0.261 e. The van der Waals surface area contributed by atoms with Gasteiger partial charge in [-0.3, -0.25) is 9.59 Å². The van der Waals surface area contributed by atoms with E-state index in [2.05, 4.69) is 21.2 Å². The Morgan fingerprint density at radius 1 is 1.10 bits per heavy atom. The summed E-state index contributed by atoms with van der Waals surface area (Å²) in [7, 11) is 0. The second-order valence-corrected chi connectivity index (χ2v) is 9.27. The minimum Gasteiger partial charge on any atom is -0.484 e. The van der Waals surface area contributed by atoms with Crippen LogP contribution in [0.5, 0.6) is 5.75 Å². The van der Waals surface area contributed by atoms with Crippen LogP contribution >= 0.6 is 15.9 Å². The number of nitrogens with one attached hydrogen (secondary N) is 1. The molecule has 30 heavy (non-hydrogen) atoms. The number of hydrogen-bond acceptors (Lipinski definition) is 3. The second kappa shape index (κ2) is 10.6. The highest BCUT2D eigenvalue weighted by Gasteiger charge is 2.31. The van der Waals surface area contributed by atoms with Crippen LogP contribution in [0.2, 0.25) is 0 Å². The van der Waals surface area contributed by atoms with E-state index < -0.39 is 6.04 Å². The van der Waals surface area contributed by atoms with Gasteiger partial charge in [0.2, 0.25) is 5.91 Å². The number of carbonyl (C=O) groups is 2. The van der Waals surface area contributed by atoms with Gasteiger partial charge in [0.05, 0.1) is 0 Å². The average Bonchev–Trinajstić information content (AvgIpc) is 2.67. The third kappa shape index (κ3) is 7.17. The molecule has 6 heteroatoms. The molecule has 0 aliphatic heterocycles. The first kappa shape index (κ1) is 23.9. The highest BCUT2D eigenvalue weighted by molar-refractivity contribution is 9.10. The number of halogens is 1. The Hall–Kier alpha value is -2.34. The molecule has 2 rings (SSSR count). The van der Waals surface area contributed by atoms with Crippen LogP contribution in [0, 0.1) is 6.92 Å². The number of amides is 2. The van der Waals surface area contributed by atoms with E-state index in [9.17, 15) is 9.59 Å². The van der Waals surface area contributed by atoms with Crippen LogP contribution in [0.25, 0.3) is 0 Å². The largest absolute Gasteiger partial charge is 0.484 e. The SMILES string of the molecule is CCC(C(=O)NC(C)(C)C)N(Cc1ccccc1C)C(=O)COc1ccc(Br)cc1. The first-order valence-electron chi connectivity index (χ1n) is 10.1. The van der Waals surface area contributed by atoms with Gasteiger partial charge in [-0.1, -0.05) is 47.1 Å². The number of ether oxygens (including phenoxy) is 1. The van der Waals surface area contributed by atoms with Crippen molar-refractivity contribution in [3.8, 4) is 5.75 Å². The zero-order chi connectivity index (χ0) is 22.3. The predicted molar refractivity (Wildman–Crippen MR) is 123 cm³/mol. The summed E-state index contributed by atoms with van der Waals surface area (Å²) in [6.07, 6.45) is 0.512. The molecule has 0 aromatic heterocycles. The molecular weight excluding hydrogens is 444 g/mol. The van der Waals surface area contributed by atoms with Crippen molar-refractivity contribution in [2.45, 2.75) is 59.2 Å². The molecule has 2 amide bonds. The van der Waals surface area contributed by atoms with Gasteiger partial charge in [0.25, 0.3) is 5.91 Å². The van der Waals surface area contributed by atoms with E-state index in [0.717, 1.165) is 15.6 Å². The Labute approximate surface area is 187 Å². The summed E-state index contributed by atoms with van der Waals surface area (Å²) in [5.74, 6) is 0.224. The van der Waals surface area contributed by atoms with E-state index in [1.807, 2.05) is 71.0 Å². The van der Waals surface area contributed by atoms with E-state index in [0.29, 0.717) is 18.7 Å². The molecule has 0 radical (unpaired) electrons. The maximum Gasteiger partial charge on any atom is 0.261 e. The third-order valence-electron chi connectivity index (χ3n) is 4.66. The summed E-state index contributed by atoms with van der Waals surface area (Å²) in [5.41, 5.74) is 1.71. The van der Waals surface area contributed by atoms with Gasteiger partial charge in [-0.2, -0.15) is 0 Å². The van der Waals surface area contributed by atoms with E-state index in [1.54, 1.807) is 17.0 Å². The summed E-state index contributed by atoms with van der Waals surface area (Å²) >= 11 is 3.39. The van der Waals surface area contributed by atoms with Crippen LogP contribution in [0.4, 0.5) is 0 Å². The molecule has 2 aromatic rings. The van der Waals surface area contributed by atoms with Gasteiger partial charge in [0.1, 0.15) is 11.8 Å². The lowest BCUT2D eigenvalue weighted by Gasteiger charge is -2.33. The van der Waals surface area contributed by atoms with E-state index in [1.165, 1.54) is 0 Å². The minimum atomic E-state index is -0.579. The number of aryl methyl sites for hydroxylation is 1. The summed E-state index contributed by atoms with van der Waals surface area (Å²) in [4.78, 5) is 27.8. The van der Waals surface area contributed by atoms with Crippen molar-refractivity contribution < 1.29 is 14.3 Å². The Bertz CT molecular complexity index is 859. The Balaban J connectivity index is 2.24. The fourth-order valence-electron chi connectivity index (χ4n) is 3.10. The predicted octanol–water partition coefficient (Wildman–Crippen LogP) is 4.86. The van der Waals surface area contributed by atoms with Gasteiger partial charge in [0, 0.05) is 16.6 Å². The number of nitrogens with zero attached hydrogens (tertiary/aromatic N) is 1. The third-order valence-corrected chi connectivity index (χ3v) is 5.19. The fourth-order valence-corrected chi connectivity index (χ4v) is 3.37. The van der Waals surface area contributed by atoms with Crippen LogP contribution in [0.15, 0.2) is 53.0 Å². The molecule has 162 valence electrons. The normalized spacial score (nSPS) is 12.2. The van der Waals surface area contributed by atoms with Gasteiger partial charge >= 0.3 is 0 Å². The van der Waals surface area contributed by atoms with Gasteiger partial charge in [0.15, 0.2) is 6.61 Å². The molecule has 0 saturated carbocycles. The molecule has 1 unspecified atom stereocenters. The first-order valence-corrected chi connectivity index (χ1v) is 10.9. The van der Waals surface area contributed by atoms with Crippen LogP contribution in [0.1, 0.15) is 45.2 Å². The topological polar surface area (TPSA) is 58.6 Å². The van der Waals surface area contributed by atoms with Crippen molar-refractivity contribution in [1.82, 2.24) is 10.2 Å². The van der Waals surface area contributed by atoms with E-state index >= 15 is 0 Å². The summed E-state index contributed by atoms with van der Waals surface area (Å²) in [6.45, 7) is 9.94. The molecule has 5 nitrogen and oxygen atoms in total. The lowest BCUT2D eigenvalue weighted by molar-refractivity contribution is -0.143. The molecule has 0 bridgehead atoms. The molecule has 0 saturated heterocycles. The second-order valence-electron chi connectivity index (χ2n) is 8.35. The van der Waals surface area contributed by atoms with Gasteiger partial charge in [-0.25, -0.2) is 0 Å². The van der Waals surface area contributed by atoms with Gasteiger partial charge in [-0.05, 0) is 69.5 Å². The highest BCUT2D eigenvalue weighted by atomic mass is 79.9. The van der Waals surface area contributed by atoms with Crippen LogP contribution in [-0.2, 0) is 16.1 Å². The zero-order valence-electron chi connectivity index (χ0n) is 18.4. The summed E-state index contributed by atoms with van der Waals surface area (Å²) in [5, 5.41) is 3.01. The van der Waals surface area contributed by atoms with Gasteiger partial charge in [-0.15, -0.1) is 0 Å². The highest BCUT2D eigenvalue weighted by Crippen LogP contribution is 2.19. The summed E-state index contributed by atoms with van der Waals surface area (Å²) in [6, 6.07) is 14.6. The number of carbonyl (C=O) groups excluding carboxylic acids is 2. The number of hydrogen-bond donors (Lipinski definition) is 1. The standard InChI is InChI=1S/C24H31BrN2O3/c1-6-21(23(29)26-24(3,4)5)27(15-18-10-8-7-9-17(18)2)22(28)16-30-20-13-11-19(25)12-14-20/h7-14,21H,6,15-16H2,1-5H3,(H,26,29). The zero-order valence-corrected chi connectivity index (χ0v) is 20.0. The van der Waals surface area contributed by atoms with Crippen molar-refractivity contribution in [3.63, 3.8) is 0 Å². The number of rotatable bonds is 8. The molecule has 2 aromatic carbocycles. The quantitative estimate of drug-likeness (QED) is 0.594. The van der Waals surface area contributed by atoms with Crippen LogP contribution in [-0.4, -0.2) is 34.9 Å². The molecule has 0 fully saturated rings. The number of benzene rings is 2. The molecule has 0 aliphatic rings. The Morgan fingerprint density at radius 3 is 2.30 bits per heavy atom. The molecule has 1 N–H and O–H groups in total. The minimum absolute atomic E-state index is 0.132. The lowest BCUT2D eigenvalue weighted by Crippen LogP contribution is -2.54. The lowest BCUT2D eigenvalue weighted by atomic mass is 10.0. The molecular formula is C24H31BrN2O3. The average molecular weight is 475 g/mol. The van der Waals surface area contributed by atoms with Crippen molar-refractivity contribution in [3.05, 3.63) is 64.1 Å². The molecule has 1 atom stereocenters.